The number of hydrogen-bond acceptors (Lipinski definition) is 3. The number of carbonyl (C=O) groups excluding carboxylic acids is 1. The molecule has 16 heavy (non-hydrogen) atoms. The Morgan fingerprint density at radius 3 is 3.12 bits per heavy atom. The molecule has 0 bridgehead atoms. The minimum Gasteiger partial charge on any atom is -0.337 e. The molecule has 5 heteroatoms. The lowest BCUT2D eigenvalue weighted by Gasteiger charge is -2.34. The predicted octanol–water partition coefficient (Wildman–Crippen LogP) is 0.0912. The molecule has 0 saturated carbocycles. The summed E-state index contributed by atoms with van der Waals surface area (Å²) >= 11 is 0. The Bertz CT molecular complexity index is 375. The highest BCUT2D eigenvalue weighted by molar-refractivity contribution is 5.92. The van der Waals surface area contributed by atoms with Gasteiger partial charge in [-0.15, -0.1) is 0 Å². The number of piperidine rings is 1. The summed E-state index contributed by atoms with van der Waals surface area (Å²) in [7, 11) is 0. The number of nitrogens with zero attached hydrogens (tertiary/aromatic N) is 2. The lowest BCUT2D eigenvalue weighted by Crippen LogP contribution is -2.43. The summed E-state index contributed by atoms with van der Waals surface area (Å²) in [6.07, 6.45) is 2.74. The van der Waals surface area contributed by atoms with Gasteiger partial charge in [-0.25, -0.2) is 0 Å². The van der Waals surface area contributed by atoms with Gasteiger partial charge < -0.3 is 10.2 Å². The van der Waals surface area contributed by atoms with Gasteiger partial charge in [-0.05, 0) is 37.4 Å². The molecule has 3 rings (SSSR count). The first kappa shape index (κ1) is 9.84. The minimum atomic E-state index is 0.0860. The Labute approximate surface area is 94.2 Å². The van der Waals surface area contributed by atoms with Crippen LogP contribution in [0.2, 0.25) is 0 Å². The van der Waals surface area contributed by atoms with Gasteiger partial charge in [-0.3, -0.25) is 9.89 Å². The van der Waals surface area contributed by atoms with Crippen molar-refractivity contribution in [1.29, 1.82) is 0 Å². The van der Waals surface area contributed by atoms with E-state index in [4.69, 9.17) is 0 Å². The normalized spacial score (nSPS) is 29.1. The fourth-order valence-electron chi connectivity index (χ4n) is 2.76. The fraction of sp³-hybridized carbons (Fsp3) is 0.636. The maximum Gasteiger partial charge on any atom is 0.271 e. The van der Waals surface area contributed by atoms with Crippen LogP contribution in [0.5, 0.6) is 0 Å². The van der Waals surface area contributed by atoms with Crippen LogP contribution in [-0.2, 0) is 0 Å². The standard InChI is InChI=1S/C11H16N4O/c16-11(10-1-3-13-14-10)15-4-2-8-5-12-6-9(8)7-15/h1,3,8-9,12H,2,4-7H2,(H,13,14). The van der Waals surface area contributed by atoms with Crippen molar-refractivity contribution in [2.24, 2.45) is 11.8 Å². The van der Waals surface area contributed by atoms with Crippen LogP contribution >= 0.6 is 0 Å². The lowest BCUT2D eigenvalue weighted by atomic mass is 9.88. The van der Waals surface area contributed by atoms with Crippen LogP contribution in [0.4, 0.5) is 0 Å². The first-order valence-corrected chi connectivity index (χ1v) is 5.84. The van der Waals surface area contributed by atoms with Crippen LogP contribution in [0.25, 0.3) is 0 Å². The maximum absolute atomic E-state index is 12.1. The first-order chi connectivity index (χ1) is 7.84. The van der Waals surface area contributed by atoms with Crippen molar-refractivity contribution in [1.82, 2.24) is 20.4 Å². The summed E-state index contributed by atoms with van der Waals surface area (Å²) in [4.78, 5) is 14.0. The average Bonchev–Trinajstić information content (AvgIpc) is 2.98. The molecule has 86 valence electrons. The number of aromatic amines is 1. The molecule has 1 aromatic heterocycles. The van der Waals surface area contributed by atoms with E-state index in [1.807, 2.05) is 4.90 Å². The predicted molar refractivity (Wildman–Crippen MR) is 59.0 cm³/mol. The second-order valence-electron chi connectivity index (χ2n) is 4.69. The summed E-state index contributed by atoms with van der Waals surface area (Å²) in [5, 5.41) is 9.96. The van der Waals surface area contributed by atoms with Gasteiger partial charge in [0, 0.05) is 19.3 Å². The van der Waals surface area contributed by atoms with Crippen molar-refractivity contribution < 1.29 is 4.79 Å². The summed E-state index contributed by atoms with van der Waals surface area (Å²) in [6.45, 7) is 3.93. The van der Waals surface area contributed by atoms with Crippen LogP contribution in [-0.4, -0.2) is 47.2 Å². The molecule has 2 unspecified atom stereocenters. The van der Waals surface area contributed by atoms with Crippen molar-refractivity contribution >= 4 is 5.91 Å². The van der Waals surface area contributed by atoms with E-state index >= 15 is 0 Å². The van der Waals surface area contributed by atoms with Gasteiger partial charge in [0.05, 0.1) is 0 Å². The van der Waals surface area contributed by atoms with Gasteiger partial charge in [-0.1, -0.05) is 0 Å². The Hall–Kier alpha value is -1.36. The molecule has 2 N–H and O–H groups in total. The monoisotopic (exact) mass is 220 g/mol. The molecular formula is C11H16N4O. The van der Waals surface area contributed by atoms with E-state index in [0.29, 0.717) is 11.6 Å². The molecule has 2 atom stereocenters. The van der Waals surface area contributed by atoms with Crippen LogP contribution in [0.15, 0.2) is 12.3 Å². The molecule has 2 fully saturated rings. The third kappa shape index (κ3) is 1.61. The largest absolute Gasteiger partial charge is 0.337 e. The highest BCUT2D eigenvalue weighted by Gasteiger charge is 2.34. The Kier molecular flexibility index (Phi) is 2.40. The van der Waals surface area contributed by atoms with E-state index < -0.39 is 0 Å². The number of fused-ring (bicyclic) bond motifs is 1. The summed E-state index contributed by atoms with van der Waals surface area (Å²) in [6, 6.07) is 1.74. The highest BCUT2D eigenvalue weighted by atomic mass is 16.2. The molecule has 3 heterocycles. The topological polar surface area (TPSA) is 61.0 Å². The number of aromatic nitrogens is 2. The van der Waals surface area contributed by atoms with Gasteiger partial charge in [-0.2, -0.15) is 5.10 Å². The van der Waals surface area contributed by atoms with Crippen molar-refractivity contribution in [2.75, 3.05) is 26.2 Å². The van der Waals surface area contributed by atoms with Gasteiger partial charge in [0.25, 0.3) is 5.91 Å². The van der Waals surface area contributed by atoms with Gasteiger partial charge in [0.15, 0.2) is 0 Å². The summed E-state index contributed by atoms with van der Waals surface area (Å²) < 4.78 is 0. The van der Waals surface area contributed by atoms with Gasteiger partial charge in [0.2, 0.25) is 0 Å². The van der Waals surface area contributed by atoms with E-state index in [0.717, 1.165) is 38.5 Å². The average molecular weight is 220 g/mol. The number of likely N-dealkylation sites (tertiary alicyclic amines) is 1. The molecular weight excluding hydrogens is 204 g/mol. The molecule has 2 aliphatic heterocycles. The van der Waals surface area contributed by atoms with Crippen LogP contribution < -0.4 is 5.32 Å². The number of carbonyl (C=O) groups is 1. The van der Waals surface area contributed by atoms with Gasteiger partial charge in [0.1, 0.15) is 5.69 Å². The Morgan fingerprint density at radius 1 is 1.44 bits per heavy atom. The Balaban J connectivity index is 1.70. The number of H-pyrrole nitrogens is 1. The number of nitrogens with one attached hydrogen (secondary N) is 2. The molecule has 2 aliphatic rings. The minimum absolute atomic E-state index is 0.0860. The number of rotatable bonds is 1. The second-order valence-corrected chi connectivity index (χ2v) is 4.69. The first-order valence-electron chi connectivity index (χ1n) is 5.84. The van der Waals surface area contributed by atoms with Crippen molar-refractivity contribution in [3.8, 4) is 0 Å². The zero-order chi connectivity index (χ0) is 11.0. The molecule has 0 aliphatic carbocycles. The molecule has 0 aromatic carbocycles. The molecule has 2 saturated heterocycles. The zero-order valence-corrected chi connectivity index (χ0v) is 9.15. The molecule has 5 nitrogen and oxygen atoms in total. The lowest BCUT2D eigenvalue weighted by molar-refractivity contribution is 0.0636. The molecule has 1 aromatic rings. The quantitative estimate of drug-likeness (QED) is 0.705. The van der Waals surface area contributed by atoms with Crippen molar-refractivity contribution in [3.05, 3.63) is 18.0 Å². The molecule has 0 spiro atoms. The zero-order valence-electron chi connectivity index (χ0n) is 9.15. The SMILES string of the molecule is O=C(c1ccn[nH]1)N1CCC2CNCC2C1. The van der Waals surface area contributed by atoms with Crippen molar-refractivity contribution in [2.45, 2.75) is 6.42 Å². The third-order valence-electron chi connectivity index (χ3n) is 3.72. The second kappa shape index (κ2) is 3.90. The van der Waals surface area contributed by atoms with E-state index in [9.17, 15) is 4.79 Å². The molecule has 1 amide bonds. The number of amides is 1. The number of hydrogen-bond donors (Lipinski definition) is 2. The fourth-order valence-corrected chi connectivity index (χ4v) is 2.76. The van der Waals surface area contributed by atoms with Crippen molar-refractivity contribution in [3.63, 3.8) is 0 Å². The maximum atomic E-state index is 12.1. The van der Waals surface area contributed by atoms with Crippen LogP contribution in [0.3, 0.4) is 0 Å². The van der Waals surface area contributed by atoms with Gasteiger partial charge >= 0.3 is 0 Å². The van der Waals surface area contributed by atoms with E-state index in [1.54, 1.807) is 12.3 Å². The van der Waals surface area contributed by atoms with E-state index in [2.05, 4.69) is 15.5 Å². The highest BCUT2D eigenvalue weighted by Crippen LogP contribution is 2.26. The van der Waals surface area contributed by atoms with Crippen LogP contribution in [0, 0.1) is 11.8 Å². The third-order valence-corrected chi connectivity index (χ3v) is 3.72. The summed E-state index contributed by atoms with van der Waals surface area (Å²) in [5.74, 6) is 1.49. The van der Waals surface area contributed by atoms with E-state index in [-0.39, 0.29) is 5.91 Å². The Morgan fingerprint density at radius 2 is 2.31 bits per heavy atom. The summed E-state index contributed by atoms with van der Waals surface area (Å²) in [5.41, 5.74) is 0.601. The smallest absolute Gasteiger partial charge is 0.271 e. The van der Waals surface area contributed by atoms with E-state index in [1.165, 1.54) is 0 Å². The molecule has 0 radical (unpaired) electrons. The van der Waals surface area contributed by atoms with Crippen LogP contribution in [0.1, 0.15) is 16.9 Å².